The standard InChI is InChI=1S/C43H43F6N5O4/c1-18(2)35-22(6)31-15-30-21(5)27(9-10-34(55)58-8)38(52-30)37-39-36(23(7)32(53-39)14-28-19(3)20(4)29(50-28)16-33(35)51-31)40(56)54(41(37)57)17-24-11-25(42(44,45)46)13-26(12-24)43(47,48)49/h11-16,18-21,27,50,53H,9-10,17H2,1-8H3/t19?,20?,21-,27-/m0/s1. The van der Waals surface area contributed by atoms with Crippen molar-refractivity contribution in [3.8, 4) is 0 Å². The lowest BCUT2D eigenvalue weighted by Crippen LogP contribution is -2.40. The third kappa shape index (κ3) is 6.95. The van der Waals surface area contributed by atoms with Crippen LogP contribution in [0.1, 0.15) is 155 Å². The third-order valence-electron chi connectivity index (χ3n) is 12.0. The Labute approximate surface area is 330 Å². The van der Waals surface area contributed by atoms with Gasteiger partial charge in [0.2, 0.25) is 0 Å². The molecule has 2 N–H and O–H groups in total. The smallest absolute Gasteiger partial charge is 0.416 e. The van der Waals surface area contributed by atoms with Crippen LogP contribution < -0.4 is 0 Å². The monoisotopic (exact) mass is 807 g/mol. The molecule has 2 unspecified atom stereocenters. The molecule has 0 saturated carbocycles. The summed E-state index contributed by atoms with van der Waals surface area (Å²) in [5.41, 5.74) is 3.25. The van der Waals surface area contributed by atoms with Crippen molar-refractivity contribution in [1.82, 2.24) is 24.8 Å². The number of aryl methyl sites for hydroxylation is 1. The van der Waals surface area contributed by atoms with Gasteiger partial charge in [0, 0.05) is 52.7 Å². The maximum absolute atomic E-state index is 14.9. The Bertz CT molecular complexity index is 2460. The van der Waals surface area contributed by atoms with Crippen LogP contribution in [0.3, 0.4) is 0 Å². The summed E-state index contributed by atoms with van der Waals surface area (Å²) in [6, 6.07) is 6.77. The summed E-state index contributed by atoms with van der Waals surface area (Å²) >= 11 is 0. The van der Waals surface area contributed by atoms with Gasteiger partial charge in [0.25, 0.3) is 11.8 Å². The van der Waals surface area contributed by atoms with Crippen LogP contribution in [0.2, 0.25) is 0 Å². The second-order valence-electron chi connectivity index (χ2n) is 16.0. The predicted molar refractivity (Wildman–Crippen MR) is 204 cm³/mol. The molecule has 0 radical (unpaired) electrons. The number of rotatable bonds is 6. The predicted octanol–water partition coefficient (Wildman–Crippen LogP) is 10.5. The van der Waals surface area contributed by atoms with E-state index < -0.39 is 65.2 Å². The lowest BCUT2D eigenvalue weighted by Gasteiger charge is -2.27. The number of allylic oxidation sites excluding steroid dienone is 2. The van der Waals surface area contributed by atoms with Crippen LogP contribution >= 0.6 is 0 Å². The van der Waals surface area contributed by atoms with Gasteiger partial charge in [-0.1, -0.05) is 34.6 Å². The number of aromatic nitrogens is 4. The molecule has 0 aliphatic carbocycles. The lowest BCUT2D eigenvalue weighted by atomic mass is 9.84. The third-order valence-corrected chi connectivity index (χ3v) is 12.0. The van der Waals surface area contributed by atoms with Crippen molar-refractivity contribution in [3.63, 3.8) is 0 Å². The molecule has 0 spiro atoms. The van der Waals surface area contributed by atoms with E-state index in [1.165, 1.54) is 7.11 Å². The second kappa shape index (κ2) is 14.4. The highest BCUT2D eigenvalue weighted by molar-refractivity contribution is 6.23. The SMILES string of the molecule is COC(=O)CC[C@@H]1c2nc(cc3nc(cc4[nH]c(cc5[nH]c6c2C(=O)N(Cc2cc(C(F)(F)F)cc(C(F)(F)F)c2)C(=O)c6c5C)C(C)C4C)C(C(C)C)=C3C)[C@H]1C. The van der Waals surface area contributed by atoms with Crippen molar-refractivity contribution in [2.24, 2.45) is 5.92 Å². The number of hydrogen-bond acceptors (Lipinski definition) is 6. The Kier molecular flexibility index (Phi) is 10.1. The Hall–Kier alpha value is -5.47. The fourth-order valence-electron chi connectivity index (χ4n) is 8.58. The molecule has 7 rings (SSSR count). The number of benzene rings is 1. The van der Waals surface area contributed by atoms with Crippen molar-refractivity contribution in [3.05, 3.63) is 104 Å². The largest absolute Gasteiger partial charge is 0.469 e. The highest BCUT2D eigenvalue weighted by Gasteiger charge is 2.43. The Morgan fingerprint density at radius 3 is 2.00 bits per heavy atom. The number of fused-ring (bicyclic) bond motifs is 8. The first-order chi connectivity index (χ1) is 27.1. The van der Waals surface area contributed by atoms with Crippen molar-refractivity contribution >= 4 is 40.0 Å². The summed E-state index contributed by atoms with van der Waals surface area (Å²) < 4.78 is 88.5. The number of aromatic amines is 2. The number of esters is 1. The minimum atomic E-state index is -5.15. The van der Waals surface area contributed by atoms with Crippen LogP contribution in [0.15, 0.2) is 36.4 Å². The van der Waals surface area contributed by atoms with E-state index in [0.717, 1.165) is 28.2 Å². The van der Waals surface area contributed by atoms with Crippen molar-refractivity contribution in [2.75, 3.05) is 7.11 Å². The fourth-order valence-corrected chi connectivity index (χ4v) is 8.58. The van der Waals surface area contributed by atoms with Gasteiger partial charge < -0.3 is 14.7 Å². The lowest BCUT2D eigenvalue weighted by molar-refractivity contribution is -0.143. The summed E-state index contributed by atoms with van der Waals surface area (Å²) in [6.07, 6.45) is -10.2. The molecule has 1 aromatic carbocycles. The molecule has 4 aliphatic rings. The Morgan fingerprint density at radius 1 is 0.810 bits per heavy atom. The maximum Gasteiger partial charge on any atom is 0.416 e. The molecular formula is C43H43F6N5O4. The quantitative estimate of drug-likeness (QED) is 0.145. The number of nitrogens with zero attached hydrogens (tertiary/aromatic N) is 3. The van der Waals surface area contributed by atoms with Crippen LogP contribution in [0, 0.1) is 12.8 Å². The molecule has 58 heavy (non-hydrogen) atoms. The van der Waals surface area contributed by atoms with Gasteiger partial charge in [-0.05, 0) is 84.9 Å². The molecule has 306 valence electrons. The normalized spacial score (nSPS) is 20.3. The summed E-state index contributed by atoms with van der Waals surface area (Å²) in [7, 11) is 1.25. The zero-order valence-electron chi connectivity index (χ0n) is 33.2. The molecular weight excluding hydrogens is 764 g/mol. The number of imide groups is 1. The van der Waals surface area contributed by atoms with Crippen LogP contribution in [-0.2, 0) is 28.4 Å². The van der Waals surface area contributed by atoms with Crippen LogP contribution in [0.25, 0.3) is 22.2 Å². The number of amides is 2. The number of carbonyl (C=O) groups is 3. The fraction of sp³-hybridized carbons (Fsp3) is 0.419. The van der Waals surface area contributed by atoms with Gasteiger partial charge in [-0.25, -0.2) is 4.98 Å². The molecule has 6 heterocycles. The van der Waals surface area contributed by atoms with E-state index in [1.807, 2.05) is 26.0 Å². The molecule has 0 saturated heterocycles. The van der Waals surface area contributed by atoms with Crippen LogP contribution in [-0.4, -0.2) is 49.7 Å². The number of halogens is 6. The van der Waals surface area contributed by atoms with Gasteiger partial charge in [-0.3, -0.25) is 24.3 Å². The zero-order valence-corrected chi connectivity index (χ0v) is 33.2. The molecule has 2 amide bonds. The van der Waals surface area contributed by atoms with Gasteiger partial charge in [0.1, 0.15) is 0 Å². The van der Waals surface area contributed by atoms with Crippen LogP contribution in [0.4, 0.5) is 26.3 Å². The first kappa shape index (κ1) is 40.7. The van der Waals surface area contributed by atoms with E-state index in [0.29, 0.717) is 39.5 Å². The molecule has 15 heteroatoms. The molecule has 4 aliphatic heterocycles. The summed E-state index contributed by atoms with van der Waals surface area (Å²) in [5, 5.41) is 0. The van der Waals surface area contributed by atoms with Crippen LogP contribution in [0.5, 0.6) is 0 Å². The molecule has 4 atom stereocenters. The molecule has 2 aromatic heterocycles. The topological polar surface area (TPSA) is 121 Å². The number of methoxy groups -OCH3 is 1. The molecule has 8 bridgehead atoms. The average molecular weight is 808 g/mol. The van der Waals surface area contributed by atoms with Gasteiger partial charge >= 0.3 is 18.3 Å². The number of carbonyl (C=O) groups excluding carboxylic acids is 3. The number of hydrogen-bond donors (Lipinski definition) is 2. The minimum absolute atomic E-state index is 0.00350. The number of nitrogens with one attached hydrogen (secondary N) is 2. The van der Waals surface area contributed by atoms with Crippen molar-refractivity contribution < 1.29 is 45.5 Å². The molecule has 0 fully saturated rings. The van der Waals surface area contributed by atoms with Gasteiger partial charge in [-0.15, -0.1) is 0 Å². The van der Waals surface area contributed by atoms with E-state index in [1.54, 1.807) is 6.92 Å². The average Bonchev–Trinajstić information content (AvgIpc) is 3.82. The van der Waals surface area contributed by atoms with E-state index in [9.17, 15) is 40.7 Å². The van der Waals surface area contributed by atoms with E-state index >= 15 is 0 Å². The summed E-state index contributed by atoms with van der Waals surface area (Å²) in [6.45, 7) is 13.0. The number of ether oxygens (including phenoxy) is 1. The highest BCUT2D eigenvalue weighted by Crippen LogP contribution is 2.46. The van der Waals surface area contributed by atoms with Gasteiger partial charge in [0.15, 0.2) is 0 Å². The van der Waals surface area contributed by atoms with Gasteiger partial charge in [-0.2, -0.15) is 26.3 Å². The molecule has 3 aromatic rings. The molecule has 9 nitrogen and oxygen atoms in total. The first-order valence-electron chi connectivity index (χ1n) is 19.1. The Morgan fingerprint density at radius 2 is 1.41 bits per heavy atom. The summed E-state index contributed by atoms with van der Waals surface area (Å²) in [5.74, 6) is -3.23. The maximum atomic E-state index is 14.9. The van der Waals surface area contributed by atoms with E-state index in [4.69, 9.17) is 14.7 Å². The Balaban J connectivity index is 1.56. The highest BCUT2D eigenvalue weighted by atomic mass is 19.4. The van der Waals surface area contributed by atoms with Crippen molar-refractivity contribution in [2.45, 2.75) is 104 Å². The second-order valence-corrected chi connectivity index (χ2v) is 16.0. The minimum Gasteiger partial charge on any atom is -0.469 e. The van der Waals surface area contributed by atoms with E-state index in [-0.39, 0.29) is 59.0 Å². The number of H-pyrrole nitrogens is 2. The van der Waals surface area contributed by atoms with Gasteiger partial charge in [0.05, 0.1) is 58.5 Å². The summed E-state index contributed by atoms with van der Waals surface area (Å²) in [4.78, 5) is 59.5. The van der Waals surface area contributed by atoms with Crippen molar-refractivity contribution in [1.29, 1.82) is 0 Å². The first-order valence-corrected chi connectivity index (χ1v) is 19.1. The zero-order chi connectivity index (χ0) is 42.3. The van der Waals surface area contributed by atoms with E-state index in [2.05, 4.69) is 43.7 Å². The number of alkyl halides is 6.